The minimum Gasteiger partial charge on any atom is -0.497 e. The average molecular weight is 491 g/mol. The number of fused-ring (bicyclic) bond motifs is 1. The molecule has 0 unspecified atom stereocenters. The fourth-order valence-electron chi connectivity index (χ4n) is 3.09. The molecule has 3 rings (SSSR count). The Morgan fingerprint density at radius 3 is 2.52 bits per heavy atom. The van der Waals surface area contributed by atoms with E-state index < -0.39 is 5.97 Å². The van der Waals surface area contributed by atoms with Crippen LogP contribution in [-0.4, -0.2) is 32.3 Å². The summed E-state index contributed by atoms with van der Waals surface area (Å²) in [6.07, 6.45) is 0.0512. The minimum absolute atomic E-state index is 0.0284. The number of hydrogen-bond acceptors (Lipinski definition) is 7. The maximum atomic E-state index is 12.5. The lowest BCUT2D eigenvalue weighted by Crippen LogP contribution is -2.10. The molecule has 0 aliphatic heterocycles. The van der Waals surface area contributed by atoms with Gasteiger partial charge >= 0.3 is 11.9 Å². The van der Waals surface area contributed by atoms with E-state index in [1.807, 2.05) is 12.1 Å². The monoisotopic (exact) mass is 490 g/mol. The van der Waals surface area contributed by atoms with Crippen LogP contribution in [0.4, 0.5) is 0 Å². The zero-order valence-electron chi connectivity index (χ0n) is 17.5. The van der Waals surface area contributed by atoms with Gasteiger partial charge in [0.15, 0.2) is 0 Å². The Kier molecular flexibility index (Phi) is 7.57. The summed E-state index contributed by atoms with van der Waals surface area (Å²) in [5.41, 5.74) is 1.74. The van der Waals surface area contributed by atoms with Crippen molar-refractivity contribution in [2.45, 2.75) is 26.9 Å². The first-order valence-corrected chi connectivity index (χ1v) is 10.6. The van der Waals surface area contributed by atoms with E-state index in [0.717, 1.165) is 9.86 Å². The van der Waals surface area contributed by atoms with Crippen LogP contribution in [0.3, 0.4) is 0 Å². The molecule has 0 atom stereocenters. The molecule has 0 saturated heterocycles. The predicted octanol–water partition coefficient (Wildman–Crippen LogP) is 5.07. The Labute approximate surface area is 188 Å². The van der Waals surface area contributed by atoms with Crippen LogP contribution in [0.25, 0.3) is 11.0 Å². The second-order valence-corrected chi connectivity index (χ2v) is 7.43. The summed E-state index contributed by atoms with van der Waals surface area (Å²) >= 11 is 3.45. The molecule has 0 amide bonds. The van der Waals surface area contributed by atoms with Gasteiger partial charge in [0, 0.05) is 21.5 Å². The van der Waals surface area contributed by atoms with Gasteiger partial charge in [0.2, 0.25) is 5.76 Å². The number of carbonyl (C=O) groups excluding carboxylic acids is 2. The highest BCUT2D eigenvalue weighted by Gasteiger charge is 2.23. The fraction of sp³-hybridized carbons (Fsp3) is 0.304. The first kappa shape index (κ1) is 22.7. The van der Waals surface area contributed by atoms with Gasteiger partial charge in [-0.05, 0) is 38.1 Å². The average Bonchev–Trinajstić information content (AvgIpc) is 3.11. The first-order chi connectivity index (χ1) is 15.0. The van der Waals surface area contributed by atoms with Crippen molar-refractivity contribution in [3.8, 4) is 11.5 Å². The SMILES string of the molecule is CCOC(=O)Cc1ccc(OC)cc1OCc1c(C(=O)OCC)oc2ccc(Br)cc12. The molecule has 0 aliphatic rings. The molecule has 3 aromatic rings. The largest absolute Gasteiger partial charge is 0.497 e. The van der Waals surface area contributed by atoms with Crippen molar-refractivity contribution in [3.05, 3.63) is 57.8 Å². The lowest BCUT2D eigenvalue weighted by atomic mass is 10.1. The summed E-state index contributed by atoms with van der Waals surface area (Å²) in [6.45, 7) is 4.03. The van der Waals surface area contributed by atoms with E-state index in [9.17, 15) is 9.59 Å². The van der Waals surface area contributed by atoms with Gasteiger partial charge in [-0.1, -0.05) is 22.0 Å². The Balaban J connectivity index is 1.96. The Morgan fingerprint density at radius 1 is 1.03 bits per heavy atom. The zero-order valence-corrected chi connectivity index (χ0v) is 19.1. The highest BCUT2D eigenvalue weighted by molar-refractivity contribution is 9.10. The number of esters is 2. The summed E-state index contributed by atoms with van der Waals surface area (Å²) < 4.78 is 28.1. The van der Waals surface area contributed by atoms with Crippen molar-refractivity contribution in [1.82, 2.24) is 0 Å². The molecule has 164 valence electrons. The fourth-order valence-corrected chi connectivity index (χ4v) is 3.45. The van der Waals surface area contributed by atoms with Gasteiger partial charge < -0.3 is 23.4 Å². The van der Waals surface area contributed by atoms with Gasteiger partial charge in [-0.15, -0.1) is 0 Å². The van der Waals surface area contributed by atoms with Gasteiger partial charge in [0.1, 0.15) is 23.7 Å². The van der Waals surface area contributed by atoms with E-state index in [2.05, 4.69) is 15.9 Å². The Morgan fingerprint density at radius 2 is 1.81 bits per heavy atom. The number of rotatable bonds is 9. The molecule has 0 aliphatic carbocycles. The van der Waals surface area contributed by atoms with E-state index in [0.29, 0.717) is 34.8 Å². The second-order valence-electron chi connectivity index (χ2n) is 6.51. The van der Waals surface area contributed by atoms with E-state index in [-0.39, 0.29) is 31.4 Å². The highest BCUT2D eigenvalue weighted by atomic mass is 79.9. The van der Waals surface area contributed by atoms with Crippen LogP contribution in [0.5, 0.6) is 11.5 Å². The summed E-state index contributed by atoms with van der Waals surface area (Å²) in [5.74, 6) is 0.192. The molecule has 7 nitrogen and oxygen atoms in total. The smallest absolute Gasteiger partial charge is 0.374 e. The lowest BCUT2D eigenvalue weighted by molar-refractivity contribution is -0.142. The number of furan rings is 1. The van der Waals surface area contributed by atoms with E-state index >= 15 is 0 Å². The van der Waals surface area contributed by atoms with Crippen molar-refractivity contribution in [1.29, 1.82) is 0 Å². The molecule has 8 heteroatoms. The molecule has 0 saturated carbocycles. The van der Waals surface area contributed by atoms with Gasteiger partial charge in [0.05, 0.1) is 32.3 Å². The van der Waals surface area contributed by atoms with Crippen LogP contribution in [0.2, 0.25) is 0 Å². The van der Waals surface area contributed by atoms with Gasteiger partial charge in [-0.2, -0.15) is 0 Å². The summed E-state index contributed by atoms with van der Waals surface area (Å²) in [4.78, 5) is 24.4. The number of halogens is 1. The molecular formula is C23H23BrO7. The molecule has 31 heavy (non-hydrogen) atoms. The topological polar surface area (TPSA) is 84.2 Å². The van der Waals surface area contributed by atoms with Crippen molar-refractivity contribution >= 4 is 38.8 Å². The predicted molar refractivity (Wildman–Crippen MR) is 118 cm³/mol. The maximum absolute atomic E-state index is 12.5. The Hall–Kier alpha value is -3.00. The standard InChI is InChI=1S/C23H23BrO7/c1-4-28-21(25)10-14-6-8-16(27-3)12-20(14)30-13-18-17-11-15(24)7-9-19(17)31-22(18)23(26)29-5-2/h6-9,11-12H,4-5,10,13H2,1-3H3. The van der Waals surface area contributed by atoms with Crippen LogP contribution < -0.4 is 9.47 Å². The van der Waals surface area contributed by atoms with E-state index in [1.165, 1.54) is 0 Å². The molecule has 1 aromatic heterocycles. The summed E-state index contributed by atoms with van der Waals surface area (Å²) in [7, 11) is 1.55. The molecule has 1 heterocycles. The van der Waals surface area contributed by atoms with E-state index in [4.69, 9.17) is 23.4 Å². The number of carbonyl (C=O) groups is 2. The van der Waals surface area contributed by atoms with Crippen molar-refractivity contribution in [2.24, 2.45) is 0 Å². The quantitative estimate of drug-likeness (QED) is 0.387. The van der Waals surface area contributed by atoms with Crippen LogP contribution in [0, 0.1) is 0 Å². The number of benzene rings is 2. The summed E-state index contributed by atoms with van der Waals surface area (Å²) in [5, 5.41) is 0.729. The van der Waals surface area contributed by atoms with Crippen molar-refractivity contribution in [2.75, 3.05) is 20.3 Å². The lowest BCUT2D eigenvalue weighted by Gasteiger charge is -2.13. The van der Waals surface area contributed by atoms with Crippen molar-refractivity contribution in [3.63, 3.8) is 0 Å². The third-order valence-electron chi connectivity index (χ3n) is 4.50. The number of methoxy groups -OCH3 is 1. The molecule has 0 N–H and O–H groups in total. The molecular weight excluding hydrogens is 468 g/mol. The van der Waals surface area contributed by atoms with E-state index in [1.54, 1.807) is 45.2 Å². The third kappa shape index (κ3) is 5.38. The molecule has 0 spiro atoms. The molecule has 0 fully saturated rings. The molecule has 0 radical (unpaired) electrons. The minimum atomic E-state index is -0.564. The number of hydrogen-bond donors (Lipinski definition) is 0. The summed E-state index contributed by atoms with van der Waals surface area (Å²) in [6, 6.07) is 10.6. The van der Waals surface area contributed by atoms with Gasteiger partial charge in [-0.25, -0.2) is 4.79 Å². The van der Waals surface area contributed by atoms with Gasteiger partial charge in [-0.3, -0.25) is 4.79 Å². The zero-order chi connectivity index (χ0) is 22.4. The van der Waals surface area contributed by atoms with Crippen molar-refractivity contribution < 1.29 is 33.0 Å². The first-order valence-electron chi connectivity index (χ1n) is 9.80. The maximum Gasteiger partial charge on any atom is 0.374 e. The highest BCUT2D eigenvalue weighted by Crippen LogP contribution is 2.32. The van der Waals surface area contributed by atoms with Crippen LogP contribution >= 0.6 is 15.9 Å². The molecule has 2 aromatic carbocycles. The number of ether oxygens (including phenoxy) is 4. The third-order valence-corrected chi connectivity index (χ3v) is 4.99. The second kappa shape index (κ2) is 10.3. The van der Waals surface area contributed by atoms with Crippen LogP contribution in [0.1, 0.15) is 35.5 Å². The van der Waals surface area contributed by atoms with Gasteiger partial charge in [0.25, 0.3) is 0 Å². The van der Waals surface area contributed by atoms with Crippen LogP contribution in [0.15, 0.2) is 45.3 Å². The Bertz CT molecular complexity index is 1090. The molecule has 0 bridgehead atoms. The van der Waals surface area contributed by atoms with Crippen LogP contribution in [-0.2, 0) is 27.3 Å². The normalized spacial score (nSPS) is 10.7.